The van der Waals surface area contributed by atoms with Gasteiger partial charge in [0.2, 0.25) is 11.8 Å². The number of anilines is 1. The van der Waals surface area contributed by atoms with Crippen molar-refractivity contribution in [1.29, 1.82) is 0 Å². The third kappa shape index (κ3) is 4.03. The molecule has 12 heteroatoms. The summed E-state index contributed by atoms with van der Waals surface area (Å²) in [6.07, 6.45) is 3.05. The maximum absolute atomic E-state index is 14.9. The second kappa shape index (κ2) is 8.37. The number of rotatable bonds is 5. The van der Waals surface area contributed by atoms with E-state index in [1.165, 1.54) is 12.3 Å². The van der Waals surface area contributed by atoms with Crippen LogP contribution in [0.4, 0.5) is 14.5 Å². The number of aromatic nitrogens is 4. The number of nitrogens with one attached hydrogen (secondary N) is 2. The highest BCUT2D eigenvalue weighted by molar-refractivity contribution is 5.96. The van der Waals surface area contributed by atoms with Crippen LogP contribution < -0.4 is 10.1 Å². The van der Waals surface area contributed by atoms with Crippen LogP contribution in [-0.4, -0.2) is 51.1 Å². The number of benzene rings is 1. The molecule has 0 radical (unpaired) electrons. The predicted molar refractivity (Wildman–Crippen MR) is 118 cm³/mol. The van der Waals surface area contributed by atoms with Crippen LogP contribution in [0.25, 0.3) is 22.5 Å². The van der Waals surface area contributed by atoms with Gasteiger partial charge in [-0.2, -0.15) is 0 Å². The van der Waals surface area contributed by atoms with E-state index < -0.39 is 22.8 Å². The van der Waals surface area contributed by atoms with E-state index in [0.717, 1.165) is 12.1 Å². The number of hydrogen-bond acceptors (Lipinski definition) is 9. The number of halogens is 2. The molecule has 0 fully saturated rings. The Kier molecular flexibility index (Phi) is 5.36. The summed E-state index contributed by atoms with van der Waals surface area (Å²) in [4.78, 5) is 11.4. The quantitative estimate of drug-likeness (QED) is 0.402. The van der Waals surface area contributed by atoms with E-state index in [1.54, 1.807) is 13.1 Å². The SMILES string of the molecule is Cc1nnc(-c2c[nH]c3nccc(Oc4c(F)cc(NC5=NC[C@](C)(CO)CO5)cc4F)c23)o1. The van der Waals surface area contributed by atoms with Crippen LogP contribution in [0.3, 0.4) is 0 Å². The molecule has 0 bridgehead atoms. The molecule has 34 heavy (non-hydrogen) atoms. The number of fused-ring (bicyclic) bond motifs is 1. The number of nitrogens with zero attached hydrogens (tertiary/aromatic N) is 4. The van der Waals surface area contributed by atoms with Crippen molar-refractivity contribution in [3.05, 3.63) is 48.1 Å². The highest BCUT2D eigenvalue weighted by atomic mass is 19.1. The molecule has 0 saturated heterocycles. The van der Waals surface area contributed by atoms with Crippen molar-refractivity contribution in [3.63, 3.8) is 0 Å². The molecule has 0 spiro atoms. The second-order valence-electron chi connectivity index (χ2n) is 8.24. The average Bonchev–Trinajstić information content (AvgIpc) is 3.44. The van der Waals surface area contributed by atoms with Crippen molar-refractivity contribution >= 4 is 22.7 Å². The predicted octanol–water partition coefficient (Wildman–Crippen LogP) is 3.79. The Bertz CT molecular complexity index is 1380. The molecule has 5 rings (SSSR count). The van der Waals surface area contributed by atoms with E-state index in [-0.39, 0.29) is 36.6 Å². The molecule has 176 valence electrons. The maximum atomic E-state index is 14.9. The monoisotopic (exact) mass is 470 g/mol. The van der Waals surface area contributed by atoms with E-state index >= 15 is 0 Å². The van der Waals surface area contributed by atoms with Crippen LogP contribution in [0.5, 0.6) is 11.5 Å². The number of H-pyrrole nitrogens is 1. The molecule has 4 heterocycles. The van der Waals surface area contributed by atoms with Gasteiger partial charge in [-0.05, 0) is 6.07 Å². The van der Waals surface area contributed by atoms with Gasteiger partial charge in [-0.1, -0.05) is 6.92 Å². The van der Waals surface area contributed by atoms with Crippen LogP contribution in [-0.2, 0) is 4.74 Å². The summed E-state index contributed by atoms with van der Waals surface area (Å²) in [7, 11) is 0. The van der Waals surface area contributed by atoms with Crippen molar-refractivity contribution < 1.29 is 27.8 Å². The number of pyridine rings is 1. The molecule has 1 aromatic carbocycles. The van der Waals surface area contributed by atoms with Gasteiger partial charge in [0.05, 0.1) is 24.1 Å². The highest BCUT2D eigenvalue weighted by Crippen LogP contribution is 2.38. The molecule has 10 nitrogen and oxygen atoms in total. The van der Waals surface area contributed by atoms with Crippen molar-refractivity contribution in [2.45, 2.75) is 13.8 Å². The minimum atomic E-state index is -0.935. The molecular formula is C22H20F2N6O4. The fourth-order valence-electron chi connectivity index (χ4n) is 3.42. The van der Waals surface area contributed by atoms with E-state index in [4.69, 9.17) is 13.9 Å². The van der Waals surface area contributed by atoms with Crippen molar-refractivity contribution in [1.82, 2.24) is 20.2 Å². The molecule has 3 N–H and O–H groups in total. The third-order valence-corrected chi connectivity index (χ3v) is 5.30. The Labute approximate surface area is 191 Å². The Morgan fingerprint density at radius 1 is 1.26 bits per heavy atom. The fourth-order valence-corrected chi connectivity index (χ4v) is 3.42. The molecule has 1 aliphatic heterocycles. The lowest BCUT2D eigenvalue weighted by Gasteiger charge is -2.30. The lowest BCUT2D eigenvalue weighted by atomic mass is 9.93. The average molecular weight is 470 g/mol. The van der Waals surface area contributed by atoms with Gasteiger partial charge in [-0.3, -0.25) is 0 Å². The van der Waals surface area contributed by atoms with Gasteiger partial charge in [0.25, 0.3) is 6.02 Å². The number of aliphatic hydroxyl groups excluding tert-OH is 1. The number of amidine groups is 1. The first-order valence-corrected chi connectivity index (χ1v) is 10.3. The first kappa shape index (κ1) is 21.8. The first-order valence-electron chi connectivity index (χ1n) is 10.3. The van der Waals surface area contributed by atoms with E-state index in [2.05, 4.69) is 30.5 Å². The maximum Gasteiger partial charge on any atom is 0.289 e. The zero-order valence-corrected chi connectivity index (χ0v) is 18.2. The third-order valence-electron chi connectivity index (χ3n) is 5.30. The van der Waals surface area contributed by atoms with E-state index in [1.807, 2.05) is 6.92 Å². The Morgan fingerprint density at radius 3 is 2.71 bits per heavy atom. The largest absolute Gasteiger partial charge is 0.464 e. The molecular weight excluding hydrogens is 450 g/mol. The van der Waals surface area contributed by atoms with Crippen LogP contribution >= 0.6 is 0 Å². The number of aliphatic imine (C=N–C) groups is 1. The van der Waals surface area contributed by atoms with Crippen LogP contribution in [0.2, 0.25) is 0 Å². The summed E-state index contributed by atoms with van der Waals surface area (Å²) in [5.74, 6) is -1.73. The number of hydrogen-bond donors (Lipinski definition) is 3. The standard InChI is InChI=1S/C22H20F2N6O4/c1-11-29-30-20(33-11)13-7-26-19-17(13)16(3-4-25-19)34-18-14(23)5-12(6-15(18)24)28-21-27-8-22(2,9-31)10-32-21/h3-7,31H,8-10H2,1-2H3,(H,25,26)(H,27,28)/t22-/m1/s1. The fraction of sp³-hybridized carbons (Fsp3) is 0.273. The van der Waals surface area contributed by atoms with Crippen molar-refractivity contribution in [2.75, 3.05) is 25.1 Å². The van der Waals surface area contributed by atoms with Gasteiger partial charge >= 0.3 is 0 Å². The van der Waals surface area contributed by atoms with Gasteiger partial charge in [-0.15, -0.1) is 10.2 Å². The molecule has 0 saturated carbocycles. The zero-order valence-electron chi connectivity index (χ0n) is 18.2. The Balaban J connectivity index is 1.43. The Hall–Kier alpha value is -4.06. The van der Waals surface area contributed by atoms with Gasteiger partial charge in [0.15, 0.2) is 17.4 Å². The van der Waals surface area contributed by atoms with Gasteiger partial charge in [0, 0.05) is 42.6 Å². The molecule has 0 unspecified atom stereocenters. The topological polar surface area (TPSA) is 131 Å². The second-order valence-corrected chi connectivity index (χ2v) is 8.24. The van der Waals surface area contributed by atoms with Crippen molar-refractivity contribution in [2.24, 2.45) is 10.4 Å². The molecule has 4 aromatic rings. The summed E-state index contributed by atoms with van der Waals surface area (Å²) in [5, 5.41) is 20.4. The smallest absolute Gasteiger partial charge is 0.289 e. The lowest BCUT2D eigenvalue weighted by molar-refractivity contribution is 0.0706. The number of aromatic amines is 1. The number of aliphatic hydroxyl groups is 1. The summed E-state index contributed by atoms with van der Waals surface area (Å²) in [5.41, 5.74) is 0.508. The summed E-state index contributed by atoms with van der Waals surface area (Å²) < 4.78 is 46.4. The zero-order chi connectivity index (χ0) is 23.9. The number of aryl methyl sites for hydroxylation is 1. The molecule has 0 amide bonds. The summed E-state index contributed by atoms with van der Waals surface area (Å²) >= 11 is 0. The molecule has 0 aliphatic carbocycles. The molecule has 1 atom stereocenters. The van der Waals surface area contributed by atoms with E-state index in [0.29, 0.717) is 29.0 Å². The first-order chi connectivity index (χ1) is 16.3. The minimum Gasteiger partial charge on any atom is -0.464 e. The Morgan fingerprint density at radius 2 is 2.06 bits per heavy atom. The van der Waals surface area contributed by atoms with E-state index in [9.17, 15) is 13.9 Å². The summed E-state index contributed by atoms with van der Waals surface area (Å²) in [6.45, 7) is 3.92. The highest BCUT2D eigenvalue weighted by Gasteiger charge is 2.29. The van der Waals surface area contributed by atoms with Crippen LogP contribution in [0, 0.1) is 24.0 Å². The van der Waals surface area contributed by atoms with Gasteiger partial charge in [-0.25, -0.2) is 18.8 Å². The van der Waals surface area contributed by atoms with Gasteiger partial charge < -0.3 is 29.3 Å². The van der Waals surface area contributed by atoms with Gasteiger partial charge in [0.1, 0.15) is 18.0 Å². The van der Waals surface area contributed by atoms with Crippen molar-refractivity contribution in [3.8, 4) is 23.0 Å². The van der Waals surface area contributed by atoms with Crippen LogP contribution in [0.1, 0.15) is 12.8 Å². The normalized spacial score (nSPS) is 18.0. The molecule has 3 aromatic heterocycles. The summed E-state index contributed by atoms with van der Waals surface area (Å²) in [6, 6.07) is 3.74. The minimum absolute atomic E-state index is 0.0870. The molecule has 1 aliphatic rings. The van der Waals surface area contributed by atoms with Crippen LogP contribution in [0.15, 0.2) is 40.0 Å². The number of ether oxygens (including phenoxy) is 2. The lowest BCUT2D eigenvalue weighted by Crippen LogP contribution is -2.38.